The van der Waals surface area contributed by atoms with E-state index >= 15 is 0 Å². The van der Waals surface area contributed by atoms with Gasteiger partial charge in [0, 0.05) is 6.54 Å². The number of amides is 1. The van der Waals surface area contributed by atoms with Crippen molar-refractivity contribution in [3.8, 4) is 0 Å². The van der Waals surface area contributed by atoms with Crippen LogP contribution in [-0.4, -0.2) is 12.5 Å². The zero-order chi connectivity index (χ0) is 16.1. The molecule has 2 rings (SSSR count). The highest BCUT2D eigenvalue weighted by atomic mass is 16.2. The molecule has 22 heavy (non-hydrogen) atoms. The van der Waals surface area contributed by atoms with Crippen LogP contribution < -0.4 is 11.1 Å². The van der Waals surface area contributed by atoms with Gasteiger partial charge in [0.25, 0.3) is 0 Å². The molecule has 0 aliphatic rings. The van der Waals surface area contributed by atoms with Gasteiger partial charge in [0.15, 0.2) is 0 Å². The first-order valence-corrected chi connectivity index (χ1v) is 7.64. The first-order chi connectivity index (χ1) is 10.5. The largest absolute Gasteiger partial charge is 0.354 e. The summed E-state index contributed by atoms with van der Waals surface area (Å²) in [6.07, 6.45) is 0. The molecule has 0 spiro atoms. The van der Waals surface area contributed by atoms with Gasteiger partial charge in [0.1, 0.15) is 6.04 Å². The number of nitrogens with one attached hydrogen (secondary N) is 1. The summed E-state index contributed by atoms with van der Waals surface area (Å²) in [4.78, 5) is 12.2. The topological polar surface area (TPSA) is 55.1 Å². The number of aryl methyl sites for hydroxylation is 2. The van der Waals surface area contributed by atoms with Crippen LogP contribution in [0.1, 0.15) is 41.1 Å². The molecule has 0 saturated heterocycles. The fraction of sp³-hybridized carbons (Fsp3) is 0.316. The number of rotatable bonds is 5. The molecule has 116 valence electrons. The molecule has 2 aromatic carbocycles. The van der Waals surface area contributed by atoms with E-state index in [1.807, 2.05) is 31.2 Å². The first kappa shape index (κ1) is 16.2. The van der Waals surface area contributed by atoms with Gasteiger partial charge in [0.05, 0.1) is 0 Å². The van der Waals surface area contributed by atoms with Crippen molar-refractivity contribution in [2.24, 2.45) is 5.73 Å². The molecule has 0 fully saturated rings. The van der Waals surface area contributed by atoms with Crippen LogP contribution in [0.2, 0.25) is 0 Å². The molecule has 2 aromatic rings. The lowest BCUT2D eigenvalue weighted by Crippen LogP contribution is -2.36. The van der Waals surface area contributed by atoms with E-state index < -0.39 is 6.04 Å². The molecule has 3 N–H and O–H groups in total. The summed E-state index contributed by atoms with van der Waals surface area (Å²) in [5.74, 6) is 0.123. The number of carbonyl (C=O) groups excluding carboxylic acids is 1. The average Bonchev–Trinajstić information content (AvgIpc) is 2.53. The third-order valence-electron chi connectivity index (χ3n) is 3.95. The van der Waals surface area contributed by atoms with Gasteiger partial charge in [0.2, 0.25) is 5.91 Å². The van der Waals surface area contributed by atoms with Gasteiger partial charge in [-0.15, -0.1) is 0 Å². The van der Waals surface area contributed by atoms with Gasteiger partial charge < -0.3 is 11.1 Å². The van der Waals surface area contributed by atoms with E-state index in [4.69, 9.17) is 5.73 Å². The summed E-state index contributed by atoms with van der Waals surface area (Å²) in [5.41, 5.74) is 10.5. The van der Waals surface area contributed by atoms with Crippen LogP contribution in [0.3, 0.4) is 0 Å². The third kappa shape index (κ3) is 4.18. The van der Waals surface area contributed by atoms with Crippen molar-refractivity contribution in [2.45, 2.75) is 32.7 Å². The molecule has 0 radical (unpaired) electrons. The van der Waals surface area contributed by atoms with Gasteiger partial charge in [-0.1, -0.05) is 66.6 Å². The summed E-state index contributed by atoms with van der Waals surface area (Å²) in [6.45, 7) is 6.76. The van der Waals surface area contributed by atoms with E-state index in [2.05, 4.69) is 43.4 Å². The number of hydrogen-bond acceptors (Lipinski definition) is 2. The minimum absolute atomic E-state index is 0.136. The second kappa shape index (κ2) is 7.23. The van der Waals surface area contributed by atoms with Crippen LogP contribution in [0.5, 0.6) is 0 Å². The summed E-state index contributed by atoms with van der Waals surface area (Å²) >= 11 is 0. The second-order valence-electron chi connectivity index (χ2n) is 5.95. The number of nitrogens with two attached hydrogens (primary N) is 1. The first-order valence-electron chi connectivity index (χ1n) is 7.64. The summed E-state index contributed by atoms with van der Waals surface area (Å²) < 4.78 is 0. The van der Waals surface area contributed by atoms with Gasteiger partial charge in [-0.25, -0.2) is 0 Å². The molecule has 0 aromatic heterocycles. The molecule has 0 bridgehead atoms. The van der Waals surface area contributed by atoms with Crippen molar-refractivity contribution in [3.63, 3.8) is 0 Å². The number of carbonyl (C=O) groups is 1. The zero-order valence-electron chi connectivity index (χ0n) is 13.5. The second-order valence-corrected chi connectivity index (χ2v) is 5.95. The fourth-order valence-corrected chi connectivity index (χ4v) is 2.30. The van der Waals surface area contributed by atoms with E-state index in [0.717, 1.165) is 11.1 Å². The summed E-state index contributed by atoms with van der Waals surface area (Å²) in [5, 5.41) is 2.94. The van der Waals surface area contributed by atoms with Crippen molar-refractivity contribution in [2.75, 3.05) is 6.54 Å². The smallest absolute Gasteiger partial charge is 0.241 e. The standard InChI is InChI=1S/C19H24N2O/c1-13-4-8-16(9-5-13)15(3)12-21-19(22)18(20)17-10-6-14(2)7-11-17/h4-11,15,18H,12,20H2,1-3H3,(H,21,22). The van der Waals surface area contributed by atoms with E-state index in [1.54, 1.807) is 0 Å². The van der Waals surface area contributed by atoms with Crippen LogP contribution in [0, 0.1) is 13.8 Å². The van der Waals surface area contributed by atoms with E-state index in [0.29, 0.717) is 6.54 Å². The molecule has 1 amide bonds. The van der Waals surface area contributed by atoms with Crippen LogP contribution >= 0.6 is 0 Å². The Morgan fingerprint density at radius 3 is 1.91 bits per heavy atom. The molecule has 2 atom stereocenters. The number of hydrogen-bond donors (Lipinski definition) is 2. The van der Waals surface area contributed by atoms with Crippen molar-refractivity contribution < 1.29 is 4.79 Å². The maximum Gasteiger partial charge on any atom is 0.241 e. The van der Waals surface area contributed by atoms with Crippen molar-refractivity contribution in [1.82, 2.24) is 5.32 Å². The summed E-state index contributed by atoms with van der Waals surface area (Å²) in [7, 11) is 0. The van der Waals surface area contributed by atoms with Crippen LogP contribution in [0.4, 0.5) is 0 Å². The van der Waals surface area contributed by atoms with Crippen molar-refractivity contribution >= 4 is 5.91 Å². The van der Waals surface area contributed by atoms with Crippen LogP contribution in [0.25, 0.3) is 0 Å². The molecule has 2 unspecified atom stereocenters. The van der Waals surface area contributed by atoms with E-state index in [-0.39, 0.29) is 11.8 Å². The Hall–Kier alpha value is -2.13. The van der Waals surface area contributed by atoms with Gasteiger partial charge in [-0.2, -0.15) is 0 Å². The predicted octanol–water partition coefficient (Wildman–Crippen LogP) is 3.22. The molecule has 0 heterocycles. The van der Waals surface area contributed by atoms with Crippen LogP contribution in [-0.2, 0) is 4.79 Å². The Morgan fingerprint density at radius 1 is 0.955 bits per heavy atom. The minimum Gasteiger partial charge on any atom is -0.354 e. The molecular formula is C19H24N2O. The molecule has 3 heteroatoms. The number of benzene rings is 2. The third-order valence-corrected chi connectivity index (χ3v) is 3.95. The molecule has 0 aliphatic carbocycles. The Balaban J connectivity index is 1.91. The predicted molar refractivity (Wildman–Crippen MR) is 90.7 cm³/mol. The van der Waals surface area contributed by atoms with Gasteiger partial charge in [-0.3, -0.25) is 4.79 Å². The molecular weight excluding hydrogens is 272 g/mol. The SMILES string of the molecule is Cc1ccc(C(C)CNC(=O)C(N)c2ccc(C)cc2)cc1. The lowest BCUT2D eigenvalue weighted by Gasteiger charge is -2.16. The fourth-order valence-electron chi connectivity index (χ4n) is 2.30. The van der Waals surface area contributed by atoms with E-state index in [9.17, 15) is 4.79 Å². The van der Waals surface area contributed by atoms with Crippen molar-refractivity contribution in [3.05, 3.63) is 70.8 Å². The maximum absolute atomic E-state index is 12.2. The average molecular weight is 296 g/mol. The van der Waals surface area contributed by atoms with Gasteiger partial charge >= 0.3 is 0 Å². The van der Waals surface area contributed by atoms with Crippen LogP contribution in [0.15, 0.2) is 48.5 Å². The summed E-state index contributed by atoms with van der Waals surface area (Å²) in [6, 6.07) is 15.5. The minimum atomic E-state index is -0.620. The van der Waals surface area contributed by atoms with Crippen molar-refractivity contribution in [1.29, 1.82) is 0 Å². The maximum atomic E-state index is 12.2. The van der Waals surface area contributed by atoms with Gasteiger partial charge in [-0.05, 0) is 30.9 Å². The molecule has 0 saturated carbocycles. The monoisotopic (exact) mass is 296 g/mol. The quantitative estimate of drug-likeness (QED) is 0.890. The lowest BCUT2D eigenvalue weighted by atomic mass is 9.99. The normalized spacial score (nSPS) is 13.5. The Morgan fingerprint density at radius 2 is 1.41 bits per heavy atom. The Labute approximate surface area is 132 Å². The highest BCUT2D eigenvalue weighted by Crippen LogP contribution is 2.16. The molecule has 0 aliphatic heterocycles. The Bertz CT molecular complexity index is 617. The Kier molecular flexibility index (Phi) is 5.34. The lowest BCUT2D eigenvalue weighted by molar-refractivity contribution is -0.122. The van der Waals surface area contributed by atoms with E-state index in [1.165, 1.54) is 11.1 Å². The highest BCUT2D eigenvalue weighted by molar-refractivity contribution is 5.82. The molecule has 3 nitrogen and oxygen atoms in total. The highest BCUT2D eigenvalue weighted by Gasteiger charge is 2.16. The zero-order valence-corrected chi connectivity index (χ0v) is 13.5.